The van der Waals surface area contributed by atoms with Crippen molar-refractivity contribution in [1.29, 1.82) is 0 Å². The van der Waals surface area contributed by atoms with E-state index in [1.54, 1.807) is 54.6 Å². The van der Waals surface area contributed by atoms with E-state index in [0.717, 1.165) is 5.56 Å². The van der Waals surface area contributed by atoms with Crippen molar-refractivity contribution < 1.29 is 23.5 Å². The summed E-state index contributed by atoms with van der Waals surface area (Å²) in [6.07, 6.45) is 0. The molecular formula is C29H23FN2O4. The van der Waals surface area contributed by atoms with Crippen molar-refractivity contribution >= 4 is 23.2 Å². The van der Waals surface area contributed by atoms with E-state index in [4.69, 9.17) is 9.47 Å². The van der Waals surface area contributed by atoms with Crippen LogP contribution in [0, 0.1) is 5.82 Å². The largest absolute Gasteiger partial charge is 0.489 e. The molecule has 36 heavy (non-hydrogen) atoms. The highest BCUT2D eigenvalue weighted by molar-refractivity contribution is 6.06. The van der Waals surface area contributed by atoms with E-state index in [9.17, 15) is 14.0 Å². The Kier molecular flexibility index (Phi) is 6.62. The molecule has 0 aliphatic carbocycles. The Bertz CT molecular complexity index is 1390. The number of ether oxygens (including phenoxy) is 2. The smallest absolute Gasteiger partial charge is 0.265 e. The zero-order chi connectivity index (χ0) is 24.9. The standard InChI is InChI=1S/C29H23FN2O4/c30-23-8-4-7-21(15-23)17-32-26-14-9-22(16-27(26)36-19-28(32)33)29(34)31-24-10-12-25(13-11-24)35-18-20-5-2-1-3-6-20/h1-16H,17-19H2,(H,31,34). The summed E-state index contributed by atoms with van der Waals surface area (Å²) in [4.78, 5) is 26.9. The quantitative estimate of drug-likeness (QED) is 0.373. The maximum atomic E-state index is 13.6. The maximum absolute atomic E-state index is 13.6. The Labute approximate surface area is 207 Å². The predicted octanol–water partition coefficient (Wildman–Crippen LogP) is 5.58. The van der Waals surface area contributed by atoms with Gasteiger partial charge < -0.3 is 19.7 Å². The summed E-state index contributed by atoms with van der Waals surface area (Å²) in [6, 6.07) is 28.0. The minimum absolute atomic E-state index is 0.155. The molecule has 4 aromatic carbocycles. The Morgan fingerprint density at radius 3 is 2.47 bits per heavy atom. The molecule has 0 saturated heterocycles. The molecule has 5 rings (SSSR count). The molecule has 0 fully saturated rings. The van der Waals surface area contributed by atoms with Crippen LogP contribution in [0.25, 0.3) is 0 Å². The van der Waals surface area contributed by atoms with Gasteiger partial charge in [-0.15, -0.1) is 0 Å². The molecule has 0 radical (unpaired) electrons. The Morgan fingerprint density at radius 2 is 1.69 bits per heavy atom. The van der Waals surface area contributed by atoms with Crippen LogP contribution in [0.3, 0.4) is 0 Å². The van der Waals surface area contributed by atoms with Crippen molar-refractivity contribution in [3.05, 3.63) is 120 Å². The van der Waals surface area contributed by atoms with Crippen molar-refractivity contribution in [2.45, 2.75) is 13.2 Å². The van der Waals surface area contributed by atoms with Crippen LogP contribution in [0.5, 0.6) is 11.5 Å². The van der Waals surface area contributed by atoms with E-state index >= 15 is 0 Å². The molecule has 2 amide bonds. The normalized spacial score (nSPS) is 12.5. The number of fused-ring (bicyclic) bond motifs is 1. The van der Waals surface area contributed by atoms with E-state index in [-0.39, 0.29) is 30.8 Å². The van der Waals surface area contributed by atoms with Gasteiger partial charge in [0.25, 0.3) is 11.8 Å². The number of halogens is 1. The lowest BCUT2D eigenvalue weighted by molar-refractivity contribution is -0.121. The topological polar surface area (TPSA) is 67.9 Å². The van der Waals surface area contributed by atoms with Crippen molar-refractivity contribution in [3.63, 3.8) is 0 Å². The second kappa shape index (κ2) is 10.3. The Hall–Kier alpha value is -4.65. The van der Waals surface area contributed by atoms with Crippen LogP contribution in [0.4, 0.5) is 15.8 Å². The molecule has 4 aromatic rings. The summed E-state index contributed by atoms with van der Waals surface area (Å²) in [5.74, 6) is 0.202. The van der Waals surface area contributed by atoms with Gasteiger partial charge in [-0.1, -0.05) is 42.5 Å². The van der Waals surface area contributed by atoms with Crippen molar-refractivity contribution in [3.8, 4) is 11.5 Å². The van der Waals surface area contributed by atoms with Crippen LogP contribution >= 0.6 is 0 Å². The number of benzene rings is 4. The molecule has 0 aromatic heterocycles. The number of carbonyl (C=O) groups excluding carboxylic acids is 2. The van der Waals surface area contributed by atoms with E-state index in [1.807, 2.05) is 30.3 Å². The zero-order valence-corrected chi connectivity index (χ0v) is 19.3. The Morgan fingerprint density at radius 1 is 0.917 bits per heavy atom. The molecule has 0 spiro atoms. The number of nitrogens with one attached hydrogen (secondary N) is 1. The van der Waals surface area contributed by atoms with Gasteiger partial charge in [0.15, 0.2) is 6.61 Å². The molecule has 0 bridgehead atoms. The second-order valence-electron chi connectivity index (χ2n) is 8.33. The molecule has 7 heteroatoms. The molecule has 6 nitrogen and oxygen atoms in total. The van der Waals surface area contributed by atoms with Crippen LogP contribution in [0.2, 0.25) is 0 Å². The summed E-state index contributed by atoms with van der Waals surface area (Å²) >= 11 is 0. The van der Waals surface area contributed by atoms with Crippen LogP contribution < -0.4 is 19.7 Å². The Balaban J connectivity index is 1.25. The number of nitrogens with zero attached hydrogens (tertiary/aromatic N) is 1. The van der Waals surface area contributed by atoms with Crippen LogP contribution in [-0.2, 0) is 17.9 Å². The summed E-state index contributed by atoms with van der Waals surface area (Å²) in [5, 5.41) is 2.86. The lowest BCUT2D eigenvalue weighted by Crippen LogP contribution is -2.38. The number of hydrogen-bond donors (Lipinski definition) is 1. The van der Waals surface area contributed by atoms with Gasteiger partial charge in [-0.05, 0) is 65.7 Å². The summed E-state index contributed by atoms with van der Waals surface area (Å²) in [7, 11) is 0. The predicted molar refractivity (Wildman–Crippen MR) is 135 cm³/mol. The first-order chi connectivity index (χ1) is 17.5. The van der Waals surface area contributed by atoms with Gasteiger partial charge in [0.2, 0.25) is 0 Å². The molecule has 0 atom stereocenters. The van der Waals surface area contributed by atoms with Gasteiger partial charge >= 0.3 is 0 Å². The van der Waals surface area contributed by atoms with Gasteiger partial charge in [0, 0.05) is 11.3 Å². The first-order valence-electron chi connectivity index (χ1n) is 11.4. The van der Waals surface area contributed by atoms with Gasteiger partial charge in [-0.2, -0.15) is 0 Å². The molecule has 1 aliphatic rings. The highest BCUT2D eigenvalue weighted by atomic mass is 19.1. The lowest BCUT2D eigenvalue weighted by atomic mass is 10.1. The van der Waals surface area contributed by atoms with Gasteiger partial charge in [-0.3, -0.25) is 9.59 Å². The van der Waals surface area contributed by atoms with Crippen LogP contribution in [0.1, 0.15) is 21.5 Å². The van der Waals surface area contributed by atoms with E-state index < -0.39 is 0 Å². The van der Waals surface area contributed by atoms with Gasteiger partial charge in [-0.25, -0.2) is 4.39 Å². The fourth-order valence-electron chi connectivity index (χ4n) is 3.92. The number of anilines is 2. The first kappa shape index (κ1) is 23.1. The number of rotatable bonds is 7. The number of amides is 2. The molecule has 0 saturated carbocycles. The third-order valence-electron chi connectivity index (χ3n) is 5.76. The van der Waals surface area contributed by atoms with Crippen LogP contribution in [-0.4, -0.2) is 18.4 Å². The molecule has 1 N–H and O–H groups in total. The third kappa shape index (κ3) is 5.36. The minimum atomic E-state index is -0.365. The molecule has 180 valence electrons. The fraction of sp³-hybridized carbons (Fsp3) is 0.103. The SMILES string of the molecule is O=C(Nc1ccc(OCc2ccccc2)cc1)c1ccc2c(c1)OCC(=O)N2Cc1cccc(F)c1. The monoisotopic (exact) mass is 482 g/mol. The van der Waals surface area contributed by atoms with E-state index in [1.165, 1.54) is 17.0 Å². The zero-order valence-electron chi connectivity index (χ0n) is 19.3. The third-order valence-corrected chi connectivity index (χ3v) is 5.76. The molecule has 1 heterocycles. The van der Waals surface area contributed by atoms with Crippen LogP contribution in [0.15, 0.2) is 97.1 Å². The number of carbonyl (C=O) groups is 2. The average molecular weight is 483 g/mol. The number of hydrogen-bond acceptors (Lipinski definition) is 4. The second-order valence-corrected chi connectivity index (χ2v) is 8.33. The van der Waals surface area contributed by atoms with Crippen molar-refractivity contribution in [1.82, 2.24) is 0 Å². The molecule has 1 aliphatic heterocycles. The van der Waals surface area contributed by atoms with E-state index in [0.29, 0.717) is 40.6 Å². The summed E-state index contributed by atoms with van der Waals surface area (Å²) < 4.78 is 25.0. The lowest BCUT2D eigenvalue weighted by Gasteiger charge is -2.29. The summed E-state index contributed by atoms with van der Waals surface area (Å²) in [6.45, 7) is 0.509. The van der Waals surface area contributed by atoms with Gasteiger partial charge in [0.1, 0.15) is 23.9 Å². The summed E-state index contributed by atoms with van der Waals surface area (Å²) in [5.41, 5.74) is 3.27. The van der Waals surface area contributed by atoms with E-state index in [2.05, 4.69) is 5.32 Å². The van der Waals surface area contributed by atoms with Crippen molar-refractivity contribution in [2.75, 3.05) is 16.8 Å². The van der Waals surface area contributed by atoms with Crippen molar-refractivity contribution in [2.24, 2.45) is 0 Å². The first-order valence-corrected chi connectivity index (χ1v) is 11.4. The highest BCUT2D eigenvalue weighted by Gasteiger charge is 2.26. The maximum Gasteiger partial charge on any atom is 0.265 e. The molecular weight excluding hydrogens is 459 g/mol. The average Bonchev–Trinajstić information content (AvgIpc) is 2.90. The van der Waals surface area contributed by atoms with Gasteiger partial charge in [0.05, 0.1) is 12.2 Å². The fourth-order valence-corrected chi connectivity index (χ4v) is 3.92. The highest BCUT2D eigenvalue weighted by Crippen LogP contribution is 2.34. The molecule has 0 unspecified atom stereocenters. The minimum Gasteiger partial charge on any atom is -0.489 e.